The second-order valence-electron chi connectivity index (χ2n) is 8.86. The first-order valence-corrected chi connectivity index (χ1v) is 11.7. The summed E-state index contributed by atoms with van der Waals surface area (Å²) in [5, 5.41) is 0. The van der Waals surface area contributed by atoms with Crippen LogP contribution in [0, 0.1) is 11.2 Å². The van der Waals surface area contributed by atoms with Gasteiger partial charge in [0.2, 0.25) is 10.0 Å². The maximum absolute atomic E-state index is 14.2. The number of nitrogens with one attached hydrogen (secondary N) is 2. The van der Waals surface area contributed by atoms with Crippen molar-refractivity contribution in [2.75, 3.05) is 20.2 Å². The second-order valence-corrected chi connectivity index (χ2v) is 11.7. The molecule has 0 saturated carbocycles. The maximum Gasteiger partial charge on any atom is 0.422 e. The minimum atomic E-state index is -4.00. The quantitative estimate of drug-likeness (QED) is 0.590. The summed E-state index contributed by atoms with van der Waals surface area (Å²) in [6, 6.07) is 2.29. The molecule has 170 valence electrons. The Balaban J connectivity index is 2.16. The molecule has 1 atom stereocenters. The molecule has 0 bridgehead atoms. The van der Waals surface area contributed by atoms with E-state index in [0.29, 0.717) is 10.9 Å². The van der Waals surface area contributed by atoms with Crippen LogP contribution >= 0.6 is 15.9 Å². The molecule has 1 aromatic carbocycles. The molecule has 1 heterocycles. The number of hydrogen-bond donors (Lipinski definition) is 2. The Hall–Kier alpha value is -1.43. The SMILES string of the molecule is COc1c(F)cc(Br)cc1S(=O)(=O)N1CCC(NNC(=O)OC(C)(C)C)C(C)(C)C1. The van der Waals surface area contributed by atoms with E-state index in [1.54, 1.807) is 20.8 Å². The van der Waals surface area contributed by atoms with Crippen LogP contribution < -0.4 is 15.6 Å². The predicted molar refractivity (Wildman–Crippen MR) is 114 cm³/mol. The fourth-order valence-corrected chi connectivity index (χ4v) is 5.69. The molecule has 1 aromatic rings. The third-order valence-corrected chi connectivity index (χ3v) is 7.05. The van der Waals surface area contributed by atoms with Crippen molar-refractivity contribution in [2.24, 2.45) is 5.41 Å². The number of methoxy groups -OCH3 is 1. The summed E-state index contributed by atoms with van der Waals surface area (Å²) in [7, 11) is -2.77. The van der Waals surface area contributed by atoms with Gasteiger partial charge in [0.25, 0.3) is 0 Å². The van der Waals surface area contributed by atoms with E-state index in [0.717, 1.165) is 6.07 Å². The average Bonchev–Trinajstić information content (AvgIpc) is 2.57. The summed E-state index contributed by atoms with van der Waals surface area (Å²) in [4.78, 5) is 11.7. The molecule has 2 N–H and O–H groups in total. The van der Waals surface area contributed by atoms with Gasteiger partial charge in [0.1, 0.15) is 10.5 Å². The number of carbonyl (C=O) groups excluding carboxylic acids is 1. The van der Waals surface area contributed by atoms with Gasteiger partial charge in [-0.3, -0.25) is 5.43 Å². The zero-order valence-corrected chi connectivity index (χ0v) is 20.4. The third-order valence-electron chi connectivity index (χ3n) is 4.74. The molecule has 0 aliphatic carbocycles. The molecule has 1 aliphatic rings. The molecular formula is C19H29BrFN3O5S. The van der Waals surface area contributed by atoms with Crippen LogP contribution in [0.4, 0.5) is 9.18 Å². The summed E-state index contributed by atoms with van der Waals surface area (Å²) in [6.07, 6.45) is -0.177. The molecule has 1 unspecified atom stereocenters. The number of benzene rings is 1. The molecule has 2 rings (SSSR count). The van der Waals surface area contributed by atoms with E-state index in [4.69, 9.17) is 9.47 Å². The Labute approximate surface area is 185 Å². The summed E-state index contributed by atoms with van der Waals surface area (Å²) < 4.78 is 52.5. The average molecular weight is 510 g/mol. The topological polar surface area (TPSA) is 97.0 Å². The Bertz CT molecular complexity index is 902. The van der Waals surface area contributed by atoms with Gasteiger partial charge >= 0.3 is 6.09 Å². The first kappa shape index (κ1) is 24.8. The monoisotopic (exact) mass is 509 g/mol. The van der Waals surface area contributed by atoms with Crippen LogP contribution in [0.15, 0.2) is 21.5 Å². The van der Waals surface area contributed by atoms with Crippen LogP contribution in [0.1, 0.15) is 41.0 Å². The highest BCUT2D eigenvalue weighted by Gasteiger charge is 2.42. The van der Waals surface area contributed by atoms with Crippen molar-refractivity contribution in [1.29, 1.82) is 0 Å². The number of ether oxygens (including phenoxy) is 2. The number of sulfonamides is 1. The van der Waals surface area contributed by atoms with Crippen molar-refractivity contribution >= 4 is 32.0 Å². The Kier molecular flexibility index (Phi) is 7.43. The number of carbonyl (C=O) groups is 1. The van der Waals surface area contributed by atoms with Crippen LogP contribution in [0.3, 0.4) is 0 Å². The first-order valence-electron chi connectivity index (χ1n) is 9.45. The predicted octanol–water partition coefficient (Wildman–Crippen LogP) is 3.42. The van der Waals surface area contributed by atoms with E-state index < -0.39 is 32.9 Å². The maximum atomic E-state index is 14.2. The third kappa shape index (κ3) is 5.83. The number of piperidine rings is 1. The Morgan fingerprint density at radius 3 is 2.50 bits per heavy atom. The second kappa shape index (κ2) is 8.97. The van der Waals surface area contributed by atoms with Crippen LogP contribution in [-0.2, 0) is 14.8 Å². The van der Waals surface area contributed by atoms with Crippen LogP contribution in [0.25, 0.3) is 0 Å². The Morgan fingerprint density at radius 1 is 1.33 bits per heavy atom. The van der Waals surface area contributed by atoms with Gasteiger partial charge in [-0.15, -0.1) is 0 Å². The van der Waals surface area contributed by atoms with Crippen molar-refractivity contribution in [3.8, 4) is 5.75 Å². The van der Waals surface area contributed by atoms with Gasteiger partial charge in [0, 0.05) is 23.6 Å². The van der Waals surface area contributed by atoms with Gasteiger partial charge in [-0.2, -0.15) is 4.31 Å². The number of halogens is 2. The van der Waals surface area contributed by atoms with Crippen molar-refractivity contribution in [3.05, 3.63) is 22.4 Å². The smallest absolute Gasteiger partial charge is 0.422 e. The lowest BCUT2D eigenvalue weighted by molar-refractivity contribution is 0.0432. The normalized spacial score (nSPS) is 19.9. The molecule has 0 spiro atoms. The fraction of sp³-hybridized carbons (Fsp3) is 0.632. The largest absolute Gasteiger partial charge is 0.492 e. The molecule has 8 nitrogen and oxygen atoms in total. The molecular weight excluding hydrogens is 481 g/mol. The lowest BCUT2D eigenvalue weighted by Gasteiger charge is -2.43. The highest BCUT2D eigenvalue weighted by molar-refractivity contribution is 9.10. The van der Waals surface area contributed by atoms with Crippen LogP contribution in [-0.4, -0.2) is 50.7 Å². The van der Waals surface area contributed by atoms with Gasteiger partial charge in [-0.1, -0.05) is 29.8 Å². The van der Waals surface area contributed by atoms with Crippen LogP contribution in [0.2, 0.25) is 0 Å². The van der Waals surface area contributed by atoms with Crippen molar-refractivity contribution in [3.63, 3.8) is 0 Å². The fourth-order valence-electron chi connectivity index (χ4n) is 3.30. The molecule has 0 radical (unpaired) electrons. The van der Waals surface area contributed by atoms with E-state index in [2.05, 4.69) is 26.8 Å². The number of amides is 1. The number of rotatable bonds is 5. The highest BCUT2D eigenvalue weighted by atomic mass is 79.9. The van der Waals surface area contributed by atoms with E-state index in [1.165, 1.54) is 17.5 Å². The minimum absolute atomic E-state index is 0.167. The van der Waals surface area contributed by atoms with E-state index >= 15 is 0 Å². The molecule has 11 heteroatoms. The molecule has 0 aromatic heterocycles. The molecule has 1 fully saturated rings. The van der Waals surface area contributed by atoms with Gasteiger partial charge < -0.3 is 9.47 Å². The number of hydrogen-bond acceptors (Lipinski definition) is 6. The molecule has 1 aliphatic heterocycles. The molecule has 1 amide bonds. The molecule has 1 saturated heterocycles. The number of hydrazine groups is 1. The lowest BCUT2D eigenvalue weighted by atomic mass is 9.80. The van der Waals surface area contributed by atoms with Gasteiger partial charge in [-0.25, -0.2) is 23.0 Å². The zero-order chi connectivity index (χ0) is 22.9. The lowest BCUT2D eigenvalue weighted by Crippen LogP contribution is -2.59. The summed E-state index contributed by atoms with van der Waals surface area (Å²) >= 11 is 3.14. The van der Waals surface area contributed by atoms with Crippen LogP contribution in [0.5, 0.6) is 5.75 Å². The Morgan fingerprint density at radius 2 is 1.97 bits per heavy atom. The van der Waals surface area contributed by atoms with Gasteiger partial charge in [-0.05, 0) is 44.7 Å². The summed E-state index contributed by atoms with van der Waals surface area (Å²) in [5.74, 6) is -1.08. The van der Waals surface area contributed by atoms with Crippen molar-refractivity contribution < 1.29 is 27.1 Å². The summed E-state index contributed by atoms with van der Waals surface area (Å²) in [6.45, 7) is 9.43. The van der Waals surface area contributed by atoms with E-state index in [9.17, 15) is 17.6 Å². The first-order chi connectivity index (χ1) is 13.7. The molecule has 30 heavy (non-hydrogen) atoms. The van der Waals surface area contributed by atoms with E-state index in [-0.39, 0.29) is 29.8 Å². The summed E-state index contributed by atoms with van der Waals surface area (Å²) in [5.41, 5.74) is 4.32. The van der Waals surface area contributed by atoms with Gasteiger partial charge in [0.05, 0.1) is 7.11 Å². The van der Waals surface area contributed by atoms with E-state index in [1.807, 2.05) is 13.8 Å². The minimum Gasteiger partial charge on any atom is -0.492 e. The highest BCUT2D eigenvalue weighted by Crippen LogP contribution is 2.37. The standard InChI is InChI=1S/C19H29BrFN3O5S/c1-18(2,3)29-17(25)23-22-15-7-8-24(11-19(15,4)5)30(26,27)14-10-12(20)9-13(21)16(14)28-6/h9-10,15,22H,7-8,11H2,1-6H3,(H,23,25). The van der Waals surface area contributed by atoms with Gasteiger partial charge in [0.15, 0.2) is 11.6 Å². The van der Waals surface area contributed by atoms with Crippen molar-refractivity contribution in [2.45, 2.75) is 57.6 Å². The zero-order valence-electron chi connectivity index (χ0n) is 18.0. The number of nitrogens with zero attached hydrogens (tertiary/aromatic N) is 1. The van der Waals surface area contributed by atoms with Crippen molar-refractivity contribution in [1.82, 2.24) is 15.2 Å².